The Labute approximate surface area is 72.1 Å². The molecule has 0 aliphatic rings. The molecule has 0 amide bonds. The minimum atomic E-state index is 0.287. The molecular weight excluding hydrogens is 151 g/mol. The van der Waals surface area contributed by atoms with Crippen LogP contribution in [-0.4, -0.2) is 18.5 Å². The van der Waals surface area contributed by atoms with Crippen LogP contribution in [-0.2, 0) is 0 Å². The average molecular weight is 170 g/mol. The van der Waals surface area contributed by atoms with E-state index in [1.54, 1.807) is 0 Å². The minimum Gasteiger partial charge on any atom is -0.106 e. The van der Waals surface area contributed by atoms with Crippen LogP contribution in [0.5, 0.6) is 0 Å². The van der Waals surface area contributed by atoms with E-state index in [0.717, 1.165) is 0 Å². The zero-order chi connectivity index (χ0) is 8.53. The molecule has 0 rings (SSSR count). The van der Waals surface area contributed by atoms with Gasteiger partial charge in [-0.1, -0.05) is 19.1 Å². The summed E-state index contributed by atoms with van der Waals surface area (Å²) >= 11 is 0. The molecule has 0 aliphatic carbocycles. The summed E-state index contributed by atoms with van der Waals surface area (Å²) in [4.78, 5) is 0. The Morgan fingerprint density at radius 3 is 1.82 bits per heavy atom. The van der Waals surface area contributed by atoms with E-state index in [1.807, 2.05) is 12.2 Å². The maximum Gasteiger partial charge on any atom is -0.0291 e. The van der Waals surface area contributed by atoms with Crippen molar-refractivity contribution in [3.8, 4) is 0 Å². The van der Waals surface area contributed by atoms with Crippen molar-refractivity contribution in [3.05, 3.63) is 25.3 Å². The lowest BCUT2D eigenvalue weighted by Crippen LogP contribution is -1.90. The van der Waals surface area contributed by atoms with Crippen molar-refractivity contribution in [1.82, 2.24) is 0 Å². The zero-order valence-corrected chi connectivity index (χ0v) is 8.45. The van der Waals surface area contributed by atoms with Gasteiger partial charge in [0.15, 0.2) is 0 Å². The van der Waals surface area contributed by atoms with E-state index in [-0.39, 0.29) is 7.92 Å². The molecule has 0 aromatic carbocycles. The highest BCUT2D eigenvalue weighted by Gasteiger charge is 2.01. The Balaban J connectivity index is 3.39. The first-order chi connectivity index (χ1) is 5.35. The lowest BCUT2D eigenvalue weighted by molar-refractivity contribution is 1.17. The van der Waals surface area contributed by atoms with E-state index in [4.69, 9.17) is 0 Å². The number of rotatable bonds is 7. The number of hydrogen-bond donors (Lipinski definition) is 0. The summed E-state index contributed by atoms with van der Waals surface area (Å²) in [7, 11) is 0.287. The van der Waals surface area contributed by atoms with Crippen LogP contribution in [0.3, 0.4) is 0 Å². The highest BCUT2D eigenvalue weighted by atomic mass is 31.1. The highest BCUT2D eigenvalue weighted by Crippen LogP contribution is 2.36. The van der Waals surface area contributed by atoms with Crippen molar-refractivity contribution < 1.29 is 0 Å². The first kappa shape index (κ1) is 10.9. The SMILES string of the molecule is C=CCCP(CC)CCC=C. The molecule has 0 atom stereocenters. The summed E-state index contributed by atoms with van der Waals surface area (Å²) in [6.07, 6.45) is 10.5. The highest BCUT2D eigenvalue weighted by molar-refractivity contribution is 7.57. The van der Waals surface area contributed by atoms with Crippen LogP contribution in [0.1, 0.15) is 19.8 Å². The lowest BCUT2D eigenvalue weighted by atomic mass is 10.5. The summed E-state index contributed by atoms with van der Waals surface area (Å²) < 4.78 is 0. The first-order valence-corrected chi connectivity index (χ1v) is 6.19. The molecule has 0 spiro atoms. The van der Waals surface area contributed by atoms with E-state index >= 15 is 0 Å². The molecule has 0 N–H and O–H groups in total. The van der Waals surface area contributed by atoms with E-state index in [1.165, 1.54) is 31.3 Å². The summed E-state index contributed by atoms with van der Waals surface area (Å²) in [5.74, 6) is 0. The molecule has 0 radical (unpaired) electrons. The molecule has 0 aliphatic heterocycles. The van der Waals surface area contributed by atoms with Crippen LogP contribution in [0.15, 0.2) is 25.3 Å². The molecule has 0 bridgehead atoms. The Morgan fingerprint density at radius 1 is 1.09 bits per heavy atom. The summed E-state index contributed by atoms with van der Waals surface area (Å²) in [6, 6.07) is 0. The maximum atomic E-state index is 3.74. The largest absolute Gasteiger partial charge is 0.106 e. The second-order valence-electron chi connectivity index (χ2n) is 2.59. The molecule has 0 aromatic rings. The van der Waals surface area contributed by atoms with E-state index in [2.05, 4.69) is 20.1 Å². The second-order valence-corrected chi connectivity index (χ2v) is 5.46. The van der Waals surface area contributed by atoms with Crippen molar-refractivity contribution in [3.63, 3.8) is 0 Å². The Hall–Kier alpha value is -0.0900. The topological polar surface area (TPSA) is 0 Å². The maximum absolute atomic E-state index is 3.74. The van der Waals surface area contributed by atoms with Gasteiger partial charge in [-0.3, -0.25) is 0 Å². The Bertz CT molecular complexity index is 95.4. The molecule has 0 aromatic heterocycles. The van der Waals surface area contributed by atoms with E-state index in [0.29, 0.717) is 0 Å². The van der Waals surface area contributed by atoms with Gasteiger partial charge in [0.25, 0.3) is 0 Å². The van der Waals surface area contributed by atoms with Crippen LogP contribution >= 0.6 is 7.92 Å². The third-order valence-electron chi connectivity index (χ3n) is 1.75. The zero-order valence-electron chi connectivity index (χ0n) is 7.55. The monoisotopic (exact) mass is 170 g/mol. The molecule has 1 heteroatoms. The molecule has 0 saturated heterocycles. The van der Waals surface area contributed by atoms with Gasteiger partial charge in [0.05, 0.1) is 0 Å². The molecule has 0 unspecified atom stereocenters. The van der Waals surface area contributed by atoms with Gasteiger partial charge in [-0.25, -0.2) is 0 Å². The van der Waals surface area contributed by atoms with Crippen molar-refractivity contribution in [2.45, 2.75) is 19.8 Å². The predicted octanol–water partition coefficient (Wildman–Crippen LogP) is 3.64. The lowest BCUT2D eigenvalue weighted by Gasteiger charge is -2.12. The molecule has 64 valence electrons. The van der Waals surface area contributed by atoms with Gasteiger partial charge in [-0.05, 0) is 31.3 Å². The third kappa shape index (κ3) is 6.31. The molecule has 0 heterocycles. The molecule has 0 nitrogen and oxygen atoms in total. The minimum absolute atomic E-state index is 0.287. The van der Waals surface area contributed by atoms with Gasteiger partial charge in [-0.2, -0.15) is 0 Å². The van der Waals surface area contributed by atoms with Gasteiger partial charge in [0.1, 0.15) is 0 Å². The third-order valence-corrected chi connectivity index (χ3v) is 4.42. The first-order valence-electron chi connectivity index (χ1n) is 4.29. The van der Waals surface area contributed by atoms with Gasteiger partial charge >= 0.3 is 0 Å². The van der Waals surface area contributed by atoms with Crippen molar-refractivity contribution >= 4 is 7.92 Å². The van der Waals surface area contributed by atoms with Crippen molar-refractivity contribution in [1.29, 1.82) is 0 Å². The Morgan fingerprint density at radius 2 is 1.55 bits per heavy atom. The van der Waals surface area contributed by atoms with Gasteiger partial charge in [0.2, 0.25) is 0 Å². The van der Waals surface area contributed by atoms with Crippen LogP contribution in [0.25, 0.3) is 0 Å². The normalized spacial score (nSPS) is 10.0. The standard InChI is InChI=1S/C10H19P/c1-4-7-9-11(6-3)10-8-5-2/h4-5H,1-2,6-10H2,3H3. The number of hydrogen-bond acceptors (Lipinski definition) is 0. The van der Waals surface area contributed by atoms with Gasteiger partial charge < -0.3 is 0 Å². The Kier molecular flexibility index (Phi) is 7.95. The van der Waals surface area contributed by atoms with Crippen LogP contribution < -0.4 is 0 Å². The molecule has 0 fully saturated rings. The molecule has 0 saturated carbocycles. The quantitative estimate of drug-likeness (QED) is 0.404. The average Bonchev–Trinajstić information content (AvgIpc) is 2.05. The fraction of sp³-hybridized carbons (Fsp3) is 0.600. The summed E-state index contributed by atoms with van der Waals surface area (Å²) in [5.41, 5.74) is 0. The summed E-state index contributed by atoms with van der Waals surface area (Å²) in [5, 5.41) is 0. The van der Waals surface area contributed by atoms with Crippen LogP contribution in [0.2, 0.25) is 0 Å². The van der Waals surface area contributed by atoms with Crippen LogP contribution in [0.4, 0.5) is 0 Å². The molecule has 11 heavy (non-hydrogen) atoms. The van der Waals surface area contributed by atoms with E-state index < -0.39 is 0 Å². The molecular formula is C10H19P. The smallest absolute Gasteiger partial charge is 0.0291 e. The van der Waals surface area contributed by atoms with Crippen molar-refractivity contribution in [2.75, 3.05) is 18.5 Å². The predicted molar refractivity (Wildman–Crippen MR) is 56.8 cm³/mol. The van der Waals surface area contributed by atoms with Crippen molar-refractivity contribution in [2.24, 2.45) is 0 Å². The summed E-state index contributed by atoms with van der Waals surface area (Å²) in [6.45, 7) is 9.76. The fourth-order valence-electron chi connectivity index (χ4n) is 0.976. The fourth-order valence-corrected chi connectivity index (χ4v) is 2.93. The van der Waals surface area contributed by atoms with Crippen LogP contribution in [0, 0.1) is 0 Å². The number of allylic oxidation sites excluding steroid dienone is 2. The van der Waals surface area contributed by atoms with Gasteiger partial charge in [0, 0.05) is 0 Å². The second kappa shape index (κ2) is 8.01. The van der Waals surface area contributed by atoms with Gasteiger partial charge in [-0.15, -0.1) is 21.1 Å². The van der Waals surface area contributed by atoms with E-state index in [9.17, 15) is 0 Å².